The Kier molecular flexibility index (Phi) is 5.80. The van der Waals surface area contributed by atoms with Crippen LogP contribution < -0.4 is 0 Å². The number of carboxylic acids is 1. The number of H-pyrrole nitrogens is 1. The standard InChI is InChI=1S/C28H24FN3O2/c1-17-22(13-11-21(30-17)12-15-25(33)34)27(20-10-14-24-23(16-20)28(29)32-31-24)26(19-8-5-9-19)18-6-3-2-4-7-18/h2-4,6-7,10-16,19H,5,8-9H2,1H3,(H,31,32)(H,33,34)/b15-12+,27-26+. The van der Waals surface area contributed by atoms with Gasteiger partial charge in [-0.05, 0) is 72.2 Å². The molecule has 0 spiro atoms. The molecule has 5 rings (SSSR count). The minimum atomic E-state index is -1.02. The number of hydrogen-bond acceptors (Lipinski definition) is 3. The van der Waals surface area contributed by atoms with Gasteiger partial charge in [0, 0.05) is 17.3 Å². The Balaban J connectivity index is 1.77. The first kappa shape index (κ1) is 21.8. The fourth-order valence-electron chi connectivity index (χ4n) is 4.58. The molecule has 0 unspecified atom stereocenters. The normalized spacial score (nSPS) is 14.9. The molecule has 1 fully saturated rings. The SMILES string of the molecule is Cc1nc(/C=C/C(=O)O)ccc1/C(=C(\c1ccccc1)C1CCC1)c1ccc2n[nH]c(F)c2c1. The molecule has 1 saturated carbocycles. The number of halogens is 1. The zero-order valence-corrected chi connectivity index (χ0v) is 18.8. The van der Waals surface area contributed by atoms with E-state index in [4.69, 9.17) is 5.11 Å². The molecule has 0 saturated heterocycles. The zero-order chi connectivity index (χ0) is 23.7. The Morgan fingerprint density at radius 1 is 1.09 bits per heavy atom. The van der Waals surface area contributed by atoms with Crippen molar-refractivity contribution in [1.82, 2.24) is 15.2 Å². The lowest BCUT2D eigenvalue weighted by molar-refractivity contribution is -0.131. The van der Waals surface area contributed by atoms with Gasteiger partial charge in [0.1, 0.15) is 0 Å². The number of carbonyl (C=O) groups is 1. The van der Waals surface area contributed by atoms with Gasteiger partial charge in [-0.2, -0.15) is 9.49 Å². The molecule has 0 bridgehead atoms. The predicted octanol–water partition coefficient (Wildman–Crippen LogP) is 6.26. The molecule has 2 heterocycles. The number of allylic oxidation sites excluding steroid dienone is 1. The number of pyridine rings is 1. The van der Waals surface area contributed by atoms with Crippen molar-refractivity contribution in [2.24, 2.45) is 5.92 Å². The van der Waals surface area contributed by atoms with E-state index in [1.165, 1.54) is 18.1 Å². The summed E-state index contributed by atoms with van der Waals surface area (Å²) in [5.41, 5.74) is 7.18. The number of hydrogen-bond donors (Lipinski definition) is 2. The van der Waals surface area contributed by atoms with E-state index >= 15 is 0 Å². The molecule has 6 heteroatoms. The van der Waals surface area contributed by atoms with Crippen LogP contribution in [0.25, 0.3) is 28.1 Å². The first-order chi connectivity index (χ1) is 16.5. The lowest BCUT2D eigenvalue weighted by Gasteiger charge is -2.32. The number of nitrogens with one attached hydrogen (secondary N) is 1. The minimum absolute atomic E-state index is 0.397. The fraction of sp³-hybridized carbons (Fsp3) is 0.179. The van der Waals surface area contributed by atoms with Gasteiger partial charge in [-0.3, -0.25) is 10.1 Å². The van der Waals surface area contributed by atoms with Crippen molar-refractivity contribution in [3.8, 4) is 0 Å². The van der Waals surface area contributed by atoms with Gasteiger partial charge in [-0.1, -0.05) is 48.9 Å². The van der Waals surface area contributed by atoms with E-state index in [0.717, 1.165) is 46.9 Å². The smallest absolute Gasteiger partial charge is 0.328 e. The van der Waals surface area contributed by atoms with Crippen LogP contribution in [-0.4, -0.2) is 26.3 Å². The number of aryl methyl sites for hydroxylation is 1. The van der Waals surface area contributed by atoms with E-state index in [-0.39, 0.29) is 0 Å². The summed E-state index contributed by atoms with van der Waals surface area (Å²) in [6, 6.07) is 19.8. The number of aromatic nitrogens is 3. The Labute approximate surface area is 196 Å². The van der Waals surface area contributed by atoms with E-state index < -0.39 is 11.9 Å². The summed E-state index contributed by atoms with van der Waals surface area (Å²) in [6.45, 7) is 1.92. The molecule has 2 aromatic heterocycles. The summed E-state index contributed by atoms with van der Waals surface area (Å²) in [4.78, 5) is 15.6. The number of aromatic amines is 1. The molecule has 0 atom stereocenters. The third-order valence-corrected chi connectivity index (χ3v) is 6.44. The molecule has 0 aliphatic heterocycles. The fourth-order valence-corrected chi connectivity index (χ4v) is 4.58. The van der Waals surface area contributed by atoms with Crippen LogP contribution in [0.4, 0.5) is 4.39 Å². The van der Waals surface area contributed by atoms with Crippen molar-refractivity contribution in [2.75, 3.05) is 0 Å². The highest BCUT2D eigenvalue weighted by Crippen LogP contribution is 2.45. The van der Waals surface area contributed by atoms with Crippen LogP contribution in [-0.2, 0) is 4.79 Å². The number of rotatable bonds is 6. The third-order valence-electron chi connectivity index (χ3n) is 6.44. The number of fused-ring (bicyclic) bond motifs is 1. The second kappa shape index (κ2) is 9.06. The molecular formula is C28H24FN3O2. The summed E-state index contributed by atoms with van der Waals surface area (Å²) < 4.78 is 14.4. The second-order valence-corrected chi connectivity index (χ2v) is 8.59. The maximum atomic E-state index is 14.4. The molecule has 1 aliphatic carbocycles. The van der Waals surface area contributed by atoms with Crippen LogP contribution in [0.15, 0.2) is 66.7 Å². The largest absolute Gasteiger partial charge is 0.478 e. The van der Waals surface area contributed by atoms with Gasteiger partial charge in [0.15, 0.2) is 0 Å². The Morgan fingerprint density at radius 3 is 2.56 bits per heavy atom. The molecule has 170 valence electrons. The lowest BCUT2D eigenvalue weighted by atomic mass is 9.73. The highest BCUT2D eigenvalue weighted by molar-refractivity contribution is 6.01. The van der Waals surface area contributed by atoms with E-state index in [0.29, 0.717) is 22.5 Å². The molecule has 4 aromatic rings. The van der Waals surface area contributed by atoms with Crippen molar-refractivity contribution in [3.63, 3.8) is 0 Å². The van der Waals surface area contributed by atoms with Crippen LogP contribution in [0.5, 0.6) is 0 Å². The molecule has 0 amide bonds. The zero-order valence-electron chi connectivity index (χ0n) is 18.8. The van der Waals surface area contributed by atoms with Crippen molar-refractivity contribution >= 4 is 34.1 Å². The molecule has 1 aliphatic rings. The maximum Gasteiger partial charge on any atom is 0.328 e. The minimum Gasteiger partial charge on any atom is -0.478 e. The lowest BCUT2D eigenvalue weighted by Crippen LogP contribution is -2.15. The van der Waals surface area contributed by atoms with Gasteiger partial charge >= 0.3 is 5.97 Å². The number of carboxylic acid groups (broad SMARTS) is 1. The molecule has 2 N–H and O–H groups in total. The Bertz CT molecular complexity index is 1430. The summed E-state index contributed by atoms with van der Waals surface area (Å²) in [5, 5.41) is 15.9. The van der Waals surface area contributed by atoms with Crippen LogP contribution >= 0.6 is 0 Å². The van der Waals surface area contributed by atoms with E-state index in [2.05, 4.69) is 27.3 Å². The third kappa shape index (κ3) is 4.15. The molecule has 0 radical (unpaired) electrons. The van der Waals surface area contributed by atoms with E-state index in [1.807, 2.05) is 55.5 Å². The average molecular weight is 454 g/mol. The second-order valence-electron chi connectivity index (χ2n) is 8.59. The number of aliphatic carboxylic acids is 1. The predicted molar refractivity (Wildman–Crippen MR) is 131 cm³/mol. The van der Waals surface area contributed by atoms with Gasteiger partial charge < -0.3 is 5.11 Å². The quantitative estimate of drug-likeness (QED) is 0.267. The van der Waals surface area contributed by atoms with Crippen LogP contribution in [0.1, 0.15) is 47.3 Å². The summed E-state index contributed by atoms with van der Waals surface area (Å²) in [7, 11) is 0. The number of nitrogens with zero attached hydrogens (tertiary/aromatic N) is 2. The highest BCUT2D eigenvalue weighted by atomic mass is 19.1. The van der Waals surface area contributed by atoms with Crippen molar-refractivity contribution in [1.29, 1.82) is 0 Å². The molecule has 2 aromatic carbocycles. The average Bonchev–Trinajstić information content (AvgIpc) is 3.18. The van der Waals surface area contributed by atoms with Crippen molar-refractivity contribution in [3.05, 3.63) is 101 Å². The van der Waals surface area contributed by atoms with Crippen molar-refractivity contribution < 1.29 is 14.3 Å². The number of benzene rings is 2. The molecule has 34 heavy (non-hydrogen) atoms. The van der Waals surface area contributed by atoms with Gasteiger partial charge in [0.05, 0.1) is 16.6 Å². The summed E-state index contributed by atoms with van der Waals surface area (Å²) >= 11 is 0. The summed E-state index contributed by atoms with van der Waals surface area (Å²) in [5.74, 6) is -1.07. The first-order valence-electron chi connectivity index (χ1n) is 11.3. The van der Waals surface area contributed by atoms with Gasteiger partial charge in [0.25, 0.3) is 0 Å². The summed E-state index contributed by atoms with van der Waals surface area (Å²) in [6.07, 6.45) is 5.95. The van der Waals surface area contributed by atoms with Gasteiger partial charge in [-0.25, -0.2) is 4.79 Å². The topological polar surface area (TPSA) is 78.9 Å². The highest BCUT2D eigenvalue weighted by Gasteiger charge is 2.28. The van der Waals surface area contributed by atoms with Gasteiger partial charge in [-0.15, -0.1) is 0 Å². The monoisotopic (exact) mass is 453 g/mol. The van der Waals surface area contributed by atoms with Crippen molar-refractivity contribution in [2.45, 2.75) is 26.2 Å². The maximum absolute atomic E-state index is 14.4. The van der Waals surface area contributed by atoms with Crippen LogP contribution in [0, 0.1) is 18.8 Å². The Morgan fingerprint density at radius 2 is 1.88 bits per heavy atom. The molecular weight excluding hydrogens is 429 g/mol. The van der Waals surface area contributed by atoms with E-state index in [9.17, 15) is 9.18 Å². The van der Waals surface area contributed by atoms with Crippen LogP contribution in [0.2, 0.25) is 0 Å². The van der Waals surface area contributed by atoms with Gasteiger partial charge in [0.2, 0.25) is 5.95 Å². The van der Waals surface area contributed by atoms with Crippen LogP contribution in [0.3, 0.4) is 0 Å². The Hall–Kier alpha value is -4.06. The molecule has 5 nitrogen and oxygen atoms in total. The van der Waals surface area contributed by atoms with E-state index in [1.54, 1.807) is 0 Å². The first-order valence-corrected chi connectivity index (χ1v) is 11.3.